The van der Waals surface area contributed by atoms with Crippen LogP contribution in [0.5, 0.6) is 11.5 Å². The van der Waals surface area contributed by atoms with Crippen molar-refractivity contribution in [2.75, 3.05) is 27.1 Å². The van der Waals surface area contributed by atoms with Gasteiger partial charge < -0.3 is 18.9 Å². The normalized spacial score (nSPS) is 10.2. The molecule has 126 valence electrons. The number of carbonyl (C=O) groups is 2. The molecule has 0 aliphatic carbocycles. The minimum absolute atomic E-state index is 0.00660. The molecule has 24 heavy (non-hydrogen) atoms. The smallest absolute Gasteiger partial charge is 0.343 e. The standard InChI is InChI=1S/C18H18O6/c1-21-9-10-22-13-23-17-8-7-16(11-15(17)12-19)24-18(20)14-5-3-2-4-6-14/h2-8,11-12H,9-10,13H2,1H3. The third-order valence-electron chi connectivity index (χ3n) is 3.06. The maximum Gasteiger partial charge on any atom is 0.343 e. The van der Waals surface area contributed by atoms with Crippen molar-refractivity contribution in [3.05, 3.63) is 59.7 Å². The van der Waals surface area contributed by atoms with Crippen LogP contribution in [0.25, 0.3) is 0 Å². The molecule has 0 bridgehead atoms. The molecular weight excluding hydrogens is 312 g/mol. The van der Waals surface area contributed by atoms with Crippen molar-refractivity contribution in [2.45, 2.75) is 0 Å². The highest BCUT2D eigenvalue weighted by Crippen LogP contribution is 2.23. The number of esters is 1. The lowest BCUT2D eigenvalue weighted by molar-refractivity contribution is -0.00869. The Morgan fingerprint density at radius 3 is 2.58 bits per heavy atom. The monoisotopic (exact) mass is 330 g/mol. The number of benzene rings is 2. The van der Waals surface area contributed by atoms with Gasteiger partial charge in [-0.15, -0.1) is 0 Å². The Bertz CT molecular complexity index is 668. The summed E-state index contributed by atoms with van der Waals surface area (Å²) in [6.45, 7) is 0.839. The maximum absolute atomic E-state index is 12.0. The number of aldehydes is 1. The average molecular weight is 330 g/mol. The number of rotatable bonds is 9. The van der Waals surface area contributed by atoms with E-state index in [0.29, 0.717) is 30.8 Å². The molecule has 0 atom stereocenters. The van der Waals surface area contributed by atoms with Crippen molar-refractivity contribution < 1.29 is 28.5 Å². The van der Waals surface area contributed by atoms with E-state index in [1.165, 1.54) is 6.07 Å². The van der Waals surface area contributed by atoms with Gasteiger partial charge in [-0.2, -0.15) is 0 Å². The lowest BCUT2D eigenvalue weighted by Crippen LogP contribution is -2.10. The van der Waals surface area contributed by atoms with Gasteiger partial charge >= 0.3 is 5.97 Å². The van der Waals surface area contributed by atoms with Crippen molar-refractivity contribution in [1.29, 1.82) is 0 Å². The van der Waals surface area contributed by atoms with Crippen molar-refractivity contribution >= 4 is 12.3 Å². The molecule has 0 aromatic heterocycles. The number of hydrogen-bond acceptors (Lipinski definition) is 6. The van der Waals surface area contributed by atoms with Crippen LogP contribution in [0, 0.1) is 0 Å². The lowest BCUT2D eigenvalue weighted by atomic mass is 10.2. The van der Waals surface area contributed by atoms with Crippen LogP contribution in [0.2, 0.25) is 0 Å². The Balaban J connectivity index is 1.98. The topological polar surface area (TPSA) is 71.1 Å². The predicted molar refractivity (Wildman–Crippen MR) is 86.6 cm³/mol. The third-order valence-corrected chi connectivity index (χ3v) is 3.06. The highest BCUT2D eigenvalue weighted by molar-refractivity contribution is 5.91. The zero-order valence-electron chi connectivity index (χ0n) is 13.3. The zero-order chi connectivity index (χ0) is 17.2. The minimum atomic E-state index is -0.496. The Labute approximate surface area is 139 Å². The molecule has 2 rings (SSSR count). The fourth-order valence-corrected chi connectivity index (χ4v) is 1.86. The van der Waals surface area contributed by atoms with E-state index in [1.807, 2.05) is 6.07 Å². The van der Waals surface area contributed by atoms with Gasteiger partial charge in [-0.1, -0.05) is 18.2 Å². The van der Waals surface area contributed by atoms with Crippen LogP contribution in [0.3, 0.4) is 0 Å². The van der Waals surface area contributed by atoms with Gasteiger partial charge in [0.15, 0.2) is 13.1 Å². The van der Waals surface area contributed by atoms with Crippen LogP contribution < -0.4 is 9.47 Å². The number of ether oxygens (including phenoxy) is 4. The molecule has 0 saturated carbocycles. The molecule has 0 fully saturated rings. The summed E-state index contributed by atoms with van der Waals surface area (Å²) in [7, 11) is 1.57. The first-order valence-corrected chi connectivity index (χ1v) is 7.30. The summed E-state index contributed by atoms with van der Waals surface area (Å²) in [4.78, 5) is 23.2. The SMILES string of the molecule is COCCOCOc1ccc(OC(=O)c2ccccc2)cc1C=O. The zero-order valence-corrected chi connectivity index (χ0v) is 13.3. The third kappa shape index (κ3) is 5.19. The van der Waals surface area contributed by atoms with Gasteiger partial charge in [0.1, 0.15) is 11.5 Å². The molecular formula is C18H18O6. The van der Waals surface area contributed by atoms with Crippen molar-refractivity contribution in [1.82, 2.24) is 0 Å². The summed E-state index contributed by atoms with van der Waals surface area (Å²) >= 11 is 0. The lowest BCUT2D eigenvalue weighted by Gasteiger charge is -2.10. The molecule has 0 spiro atoms. The molecule has 2 aromatic rings. The summed E-state index contributed by atoms with van der Waals surface area (Å²) in [5.74, 6) is 0.115. The Kier molecular flexibility index (Phi) is 6.94. The molecule has 0 aliphatic rings. The van der Waals surface area contributed by atoms with Crippen LogP contribution in [0.1, 0.15) is 20.7 Å². The van der Waals surface area contributed by atoms with Crippen molar-refractivity contribution in [3.8, 4) is 11.5 Å². The van der Waals surface area contributed by atoms with E-state index < -0.39 is 5.97 Å². The summed E-state index contributed by atoms with van der Waals surface area (Å²) in [6, 6.07) is 13.1. The van der Waals surface area contributed by atoms with Crippen molar-refractivity contribution in [3.63, 3.8) is 0 Å². The quantitative estimate of drug-likeness (QED) is 0.231. The van der Waals surface area contributed by atoms with E-state index >= 15 is 0 Å². The second-order valence-corrected chi connectivity index (χ2v) is 4.74. The molecule has 0 saturated heterocycles. The molecule has 0 N–H and O–H groups in total. The molecule has 0 radical (unpaired) electrons. The van der Waals surface area contributed by atoms with E-state index in [9.17, 15) is 9.59 Å². The highest BCUT2D eigenvalue weighted by atomic mass is 16.7. The van der Waals surface area contributed by atoms with E-state index in [2.05, 4.69) is 0 Å². The van der Waals surface area contributed by atoms with Crippen LogP contribution in [-0.4, -0.2) is 39.4 Å². The number of methoxy groups -OCH3 is 1. The number of carbonyl (C=O) groups excluding carboxylic acids is 2. The highest BCUT2D eigenvalue weighted by Gasteiger charge is 2.11. The van der Waals surface area contributed by atoms with Gasteiger partial charge in [-0.05, 0) is 30.3 Å². The van der Waals surface area contributed by atoms with Gasteiger partial charge in [0.05, 0.1) is 24.3 Å². The second kappa shape index (κ2) is 9.44. The van der Waals surface area contributed by atoms with Gasteiger partial charge in [0.2, 0.25) is 0 Å². The summed E-state index contributed by atoms with van der Waals surface area (Å²) in [5, 5.41) is 0. The first kappa shape index (κ1) is 17.7. The summed E-state index contributed by atoms with van der Waals surface area (Å²) < 4.78 is 20.6. The summed E-state index contributed by atoms with van der Waals surface area (Å²) in [5.41, 5.74) is 0.695. The van der Waals surface area contributed by atoms with Gasteiger partial charge in [0, 0.05) is 7.11 Å². The van der Waals surface area contributed by atoms with Crippen LogP contribution in [0.4, 0.5) is 0 Å². The van der Waals surface area contributed by atoms with Crippen molar-refractivity contribution in [2.24, 2.45) is 0 Å². The van der Waals surface area contributed by atoms with E-state index in [-0.39, 0.29) is 18.1 Å². The fraction of sp³-hybridized carbons (Fsp3) is 0.222. The molecule has 0 aliphatic heterocycles. The van der Waals surface area contributed by atoms with Gasteiger partial charge in [-0.3, -0.25) is 4.79 Å². The Morgan fingerprint density at radius 2 is 1.88 bits per heavy atom. The molecule has 6 heteroatoms. The molecule has 0 amide bonds. The fourth-order valence-electron chi connectivity index (χ4n) is 1.86. The van der Waals surface area contributed by atoms with Crippen LogP contribution in [-0.2, 0) is 9.47 Å². The van der Waals surface area contributed by atoms with E-state index in [0.717, 1.165) is 0 Å². The molecule has 0 heterocycles. The van der Waals surface area contributed by atoms with Gasteiger partial charge in [0.25, 0.3) is 0 Å². The average Bonchev–Trinajstić information content (AvgIpc) is 2.63. The van der Waals surface area contributed by atoms with Crippen LogP contribution >= 0.6 is 0 Å². The number of hydrogen-bond donors (Lipinski definition) is 0. The predicted octanol–water partition coefficient (Wildman–Crippen LogP) is 2.72. The second-order valence-electron chi connectivity index (χ2n) is 4.74. The first-order chi connectivity index (χ1) is 11.7. The maximum atomic E-state index is 12.0. The molecule has 2 aromatic carbocycles. The largest absolute Gasteiger partial charge is 0.467 e. The van der Waals surface area contributed by atoms with Gasteiger partial charge in [-0.25, -0.2) is 4.79 Å². The Morgan fingerprint density at radius 1 is 1.08 bits per heavy atom. The van der Waals surface area contributed by atoms with E-state index in [1.54, 1.807) is 43.5 Å². The minimum Gasteiger partial charge on any atom is -0.467 e. The summed E-state index contributed by atoms with van der Waals surface area (Å²) in [6.07, 6.45) is 0.629. The van der Waals surface area contributed by atoms with Crippen LogP contribution in [0.15, 0.2) is 48.5 Å². The molecule has 6 nitrogen and oxygen atoms in total. The Hall–Kier alpha value is -2.70. The molecule has 0 unspecified atom stereocenters. The first-order valence-electron chi connectivity index (χ1n) is 7.30. The van der Waals surface area contributed by atoms with E-state index in [4.69, 9.17) is 18.9 Å².